The molecule has 2 aromatic heterocycles. The summed E-state index contributed by atoms with van der Waals surface area (Å²) in [4.78, 5) is 20.8. The number of halogens is 1. The van der Waals surface area contributed by atoms with E-state index in [1.54, 1.807) is 6.07 Å². The summed E-state index contributed by atoms with van der Waals surface area (Å²) < 4.78 is 27.3. The van der Waals surface area contributed by atoms with Crippen molar-refractivity contribution in [2.75, 3.05) is 43.4 Å². The van der Waals surface area contributed by atoms with Crippen molar-refractivity contribution in [3.8, 4) is 5.75 Å². The zero-order valence-electron chi connectivity index (χ0n) is 19.7. The molecule has 3 aliphatic heterocycles. The fourth-order valence-electron chi connectivity index (χ4n) is 5.29. The smallest absolute Gasteiger partial charge is 0.263 e. The number of nitrogens with one attached hydrogen (secondary N) is 2. The number of hydrogen-bond acceptors (Lipinski definition) is 8. The number of pyridine rings is 1. The largest absolute Gasteiger partial charge is 0.491 e. The second-order valence-corrected chi connectivity index (χ2v) is 10.9. The molecule has 3 atom stereocenters. The van der Waals surface area contributed by atoms with E-state index in [2.05, 4.69) is 27.4 Å². The Kier molecular flexibility index (Phi) is 5.35. The molecular formula is C25H28FN5O3S. The Balaban J connectivity index is 1.19. The Bertz CT molecular complexity index is 1330. The predicted octanol–water partition coefficient (Wildman–Crippen LogP) is 2.63. The summed E-state index contributed by atoms with van der Waals surface area (Å²) in [5.41, 5.74) is 8.49. The van der Waals surface area contributed by atoms with E-state index in [1.807, 2.05) is 25.1 Å². The third-order valence-corrected chi connectivity index (χ3v) is 8.05. The highest BCUT2D eigenvalue weighted by molar-refractivity contribution is 7.21. The molecule has 2 fully saturated rings. The first kappa shape index (κ1) is 22.5. The van der Waals surface area contributed by atoms with Crippen LogP contribution in [0.4, 0.5) is 15.8 Å². The minimum atomic E-state index is -0.359. The molecule has 8 nitrogen and oxygen atoms in total. The fraction of sp³-hybridized carbons (Fsp3) is 0.440. The van der Waals surface area contributed by atoms with Gasteiger partial charge in [0.1, 0.15) is 27.9 Å². The van der Waals surface area contributed by atoms with Gasteiger partial charge in [-0.3, -0.25) is 4.79 Å². The number of nitrogens with two attached hydrogens (primary N) is 1. The summed E-state index contributed by atoms with van der Waals surface area (Å²) in [5, 5.41) is 7.15. The van der Waals surface area contributed by atoms with E-state index in [4.69, 9.17) is 15.2 Å². The van der Waals surface area contributed by atoms with Crippen molar-refractivity contribution in [3.05, 3.63) is 46.2 Å². The molecule has 35 heavy (non-hydrogen) atoms. The molecular weight excluding hydrogens is 469 g/mol. The molecule has 0 aliphatic carbocycles. The number of aromatic nitrogens is 1. The molecule has 10 heteroatoms. The second-order valence-electron chi connectivity index (χ2n) is 9.94. The van der Waals surface area contributed by atoms with E-state index in [0.717, 1.165) is 34.7 Å². The van der Waals surface area contributed by atoms with Gasteiger partial charge in [-0.2, -0.15) is 0 Å². The van der Waals surface area contributed by atoms with Crippen LogP contribution in [0.3, 0.4) is 0 Å². The SMILES string of the molecule is Cc1ccc2c(N)c(C(=O)N[C@H]3COc4cc(N5CC6CNC[C@](C)(C5)O6)cc(F)c4C3)sc2n1. The Morgan fingerprint density at radius 1 is 1.40 bits per heavy atom. The maximum absolute atomic E-state index is 15.3. The van der Waals surface area contributed by atoms with Gasteiger partial charge in [-0.1, -0.05) is 0 Å². The first-order chi connectivity index (χ1) is 16.8. The van der Waals surface area contributed by atoms with Gasteiger partial charge in [-0.25, -0.2) is 9.37 Å². The van der Waals surface area contributed by atoms with Crippen LogP contribution in [0.2, 0.25) is 0 Å². The number of carbonyl (C=O) groups is 1. The zero-order valence-corrected chi connectivity index (χ0v) is 20.5. The summed E-state index contributed by atoms with van der Waals surface area (Å²) in [5.74, 6) is -0.0807. The molecule has 184 valence electrons. The lowest BCUT2D eigenvalue weighted by atomic mass is 9.97. The van der Waals surface area contributed by atoms with E-state index in [-0.39, 0.29) is 36.1 Å². The summed E-state index contributed by atoms with van der Waals surface area (Å²) in [6, 6.07) is 6.87. The van der Waals surface area contributed by atoms with Crippen LogP contribution in [-0.2, 0) is 11.2 Å². The van der Waals surface area contributed by atoms with Gasteiger partial charge in [0.25, 0.3) is 5.91 Å². The third-order valence-electron chi connectivity index (χ3n) is 6.94. The van der Waals surface area contributed by atoms with Crippen LogP contribution in [0.5, 0.6) is 5.75 Å². The standard InChI is InChI=1S/C25H28FN5O3S/c1-13-3-4-17-21(27)22(35-24(17)29-13)23(32)30-14-5-18-19(26)6-15(7-20(18)33-10-14)31-9-16-8-28-11-25(2,12-31)34-16/h3-4,6-7,14,16,28H,5,8-12,27H2,1-2H3,(H,30,32)/t14-,16?,25-/m1/s1. The number of fused-ring (bicyclic) bond motifs is 4. The van der Waals surface area contributed by atoms with E-state index in [1.165, 1.54) is 11.3 Å². The first-order valence-electron chi connectivity index (χ1n) is 11.8. The van der Waals surface area contributed by atoms with E-state index < -0.39 is 0 Å². The number of nitrogens with zero attached hydrogens (tertiary/aromatic N) is 2. The van der Waals surface area contributed by atoms with Gasteiger partial charge in [-0.05, 0) is 32.0 Å². The molecule has 4 N–H and O–H groups in total. The molecule has 0 spiro atoms. The quantitative estimate of drug-likeness (QED) is 0.511. The van der Waals surface area contributed by atoms with Crippen LogP contribution in [0.1, 0.15) is 27.9 Å². The molecule has 0 radical (unpaired) electrons. The van der Waals surface area contributed by atoms with Crippen molar-refractivity contribution >= 4 is 38.8 Å². The molecule has 1 amide bonds. The number of aryl methyl sites for hydroxylation is 1. The highest BCUT2D eigenvalue weighted by Crippen LogP contribution is 2.36. The fourth-order valence-corrected chi connectivity index (χ4v) is 6.34. The van der Waals surface area contributed by atoms with Gasteiger partial charge >= 0.3 is 0 Å². The van der Waals surface area contributed by atoms with Gasteiger partial charge in [0, 0.05) is 61.0 Å². The highest BCUT2D eigenvalue weighted by Gasteiger charge is 2.40. The number of morpholine rings is 2. The monoisotopic (exact) mass is 497 g/mol. The van der Waals surface area contributed by atoms with Gasteiger partial charge < -0.3 is 30.7 Å². The van der Waals surface area contributed by atoms with Crippen LogP contribution < -0.4 is 26.0 Å². The Labute approximate surface area is 206 Å². The molecule has 3 aliphatic rings. The predicted molar refractivity (Wildman–Crippen MR) is 134 cm³/mol. The number of carbonyl (C=O) groups excluding carboxylic acids is 1. The minimum absolute atomic E-state index is 0.0718. The molecule has 5 heterocycles. The van der Waals surface area contributed by atoms with Crippen molar-refractivity contribution in [3.63, 3.8) is 0 Å². The average molecular weight is 498 g/mol. The van der Waals surface area contributed by atoms with Crippen molar-refractivity contribution in [2.24, 2.45) is 0 Å². The number of ether oxygens (including phenoxy) is 2. The van der Waals surface area contributed by atoms with Gasteiger partial charge in [0.05, 0.1) is 23.4 Å². The average Bonchev–Trinajstić information content (AvgIpc) is 3.14. The Morgan fingerprint density at radius 3 is 3.09 bits per heavy atom. The van der Waals surface area contributed by atoms with Crippen LogP contribution in [0.25, 0.3) is 10.2 Å². The molecule has 3 aromatic rings. The lowest BCUT2D eigenvalue weighted by molar-refractivity contribution is -0.115. The van der Waals surface area contributed by atoms with Crippen molar-refractivity contribution in [2.45, 2.75) is 38.0 Å². The Morgan fingerprint density at radius 2 is 2.26 bits per heavy atom. The van der Waals surface area contributed by atoms with Gasteiger partial charge in [0.15, 0.2) is 0 Å². The number of benzene rings is 1. The van der Waals surface area contributed by atoms with Crippen molar-refractivity contribution in [1.82, 2.24) is 15.6 Å². The van der Waals surface area contributed by atoms with Crippen LogP contribution >= 0.6 is 11.3 Å². The number of nitrogen functional groups attached to an aromatic ring is 1. The summed E-state index contributed by atoms with van der Waals surface area (Å²) in [7, 11) is 0. The number of rotatable bonds is 3. The van der Waals surface area contributed by atoms with Crippen molar-refractivity contribution in [1.29, 1.82) is 0 Å². The lowest BCUT2D eigenvalue weighted by Gasteiger charge is -2.49. The van der Waals surface area contributed by atoms with Crippen LogP contribution in [0, 0.1) is 12.7 Å². The Hall–Kier alpha value is -2.95. The summed E-state index contributed by atoms with van der Waals surface area (Å²) in [6.45, 7) is 7.17. The normalized spacial score (nSPS) is 25.7. The maximum atomic E-state index is 15.3. The first-order valence-corrected chi connectivity index (χ1v) is 12.6. The topological polar surface area (TPSA) is 102 Å². The minimum Gasteiger partial charge on any atom is -0.491 e. The van der Waals surface area contributed by atoms with E-state index in [0.29, 0.717) is 41.4 Å². The lowest BCUT2D eigenvalue weighted by Crippen LogP contribution is -2.64. The summed E-state index contributed by atoms with van der Waals surface area (Å²) in [6.07, 6.45) is 0.422. The molecule has 2 saturated heterocycles. The van der Waals surface area contributed by atoms with E-state index >= 15 is 4.39 Å². The number of amides is 1. The maximum Gasteiger partial charge on any atom is 0.263 e. The molecule has 6 rings (SSSR count). The van der Waals surface area contributed by atoms with E-state index in [9.17, 15) is 4.79 Å². The zero-order chi connectivity index (χ0) is 24.3. The summed E-state index contributed by atoms with van der Waals surface area (Å²) >= 11 is 1.26. The molecule has 2 bridgehead atoms. The van der Waals surface area contributed by atoms with Crippen LogP contribution in [0.15, 0.2) is 24.3 Å². The number of anilines is 2. The van der Waals surface area contributed by atoms with Crippen molar-refractivity contribution < 1.29 is 18.7 Å². The second kappa shape index (κ2) is 8.32. The number of hydrogen-bond donors (Lipinski definition) is 3. The van der Waals surface area contributed by atoms with Crippen LogP contribution in [-0.4, -0.2) is 61.4 Å². The molecule has 1 aromatic carbocycles. The number of thiophene rings is 1. The molecule has 0 saturated carbocycles. The molecule has 1 unspecified atom stereocenters. The van der Waals surface area contributed by atoms with Gasteiger partial charge in [-0.15, -0.1) is 11.3 Å². The third kappa shape index (κ3) is 4.09. The van der Waals surface area contributed by atoms with Gasteiger partial charge in [0.2, 0.25) is 0 Å². The highest BCUT2D eigenvalue weighted by atomic mass is 32.1.